The Morgan fingerprint density at radius 3 is 2.90 bits per heavy atom. The van der Waals surface area contributed by atoms with E-state index < -0.39 is 0 Å². The van der Waals surface area contributed by atoms with Crippen LogP contribution >= 0.6 is 11.6 Å². The number of amides is 1. The molecule has 2 rings (SSSR count). The lowest BCUT2D eigenvalue weighted by molar-refractivity contribution is 0.0947. The van der Waals surface area contributed by atoms with Crippen molar-refractivity contribution in [3.05, 3.63) is 58.4 Å². The van der Waals surface area contributed by atoms with Crippen LogP contribution < -0.4 is 5.32 Å². The predicted molar refractivity (Wildman–Crippen MR) is 77.9 cm³/mol. The summed E-state index contributed by atoms with van der Waals surface area (Å²) in [6.45, 7) is 2.36. The number of phenolic OH excluding ortho intramolecular Hbond substituents is 1. The van der Waals surface area contributed by atoms with Crippen LogP contribution in [0, 0.1) is 0 Å². The molecule has 1 aromatic heterocycles. The van der Waals surface area contributed by atoms with Gasteiger partial charge in [0, 0.05) is 11.2 Å². The fourth-order valence-electron chi connectivity index (χ4n) is 1.91. The van der Waals surface area contributed by atoms with E-state index in [1.54, 1.807) is 12.3 Å². The molecule has 0 radical (unpaired) electrons. The van der Waals surface area contributed by atoms with Crippen molar-refractivity contribution < 1.29 is 9.90 Å². The van der Waals surface area contributed by atoms with Crippen LogP contribution in [0.2, 0.25) is 5.02 Å². The van der Waals surface area contributed by atoms with Crippen LogP contribution in [0.4, 0.5) is 0 Å². The quantitative estimate of drug-likeness (QED) is 0.910. The average Bonchev–Trinajstić information content (AvgIpc) is 2.45. The highest BCUT2D eigenvalue weighted by Gasteiger charge is 2.12. The first-order chi connectivity index (χ1) is 9.61. The predicted octanol–water partition coefficient (Wildman–Crippen LogP) is 2.93. The number of phenols is 1. The third kappa shape index (κ3) is 3.27. The number of carbonyl (C=O) groups excluding carboxylic acids is 1. The highest BCUT2D eigenvalue weighted by atomic mass is 35.5. The van der Waals surface area contributed by atoms with E-state index in [0.717, 1.165) is 17.7 Å². The second kappa shape index (κ2) is 6.39. The van der Waals surface area contributed by atoms with Gasteiger partial charge in [-0.1, -0.05) is 24.6 Å². The first-order valence-corrected chi connectivity index (χ1v) is 6.69. The Balaban J connectivity index is 2.09. The summed E-state index contributed by atoms with van der Waals surface area (Å²) in [5, 5.41) is 12.8. The summed E-state index contributed by atoms with van der Waals surface area (Å²) in [4.78, 5) is 16.3. The van der Waals surface area contributed by atoms with Gasteiger partial charge in [0.1, 0.15) is 5.75 Å². The molecule has 0 saturated carbocycles. The zero-order valence-corrected chi connectivity index (χ0v) is 11.8. The molecule has 104 valence electrons. The number of pyridine rings is 1. The van der Waals surface area contributed by atoms with E-state index in [2.05, 4.69) is 10.3 Å². The van der Waals surface area contributed by atoms with Gasteiger partial charge in [-0.05, 0) is 36.2 Å². The van der Waals surface area contributed by atoms with E-state index in [4.69, 9.17) is 11.6 Å². The van der Waals surface area contributed by atoms with Crippen LogP contribution in [0.15, 0.2) is 36.5 Å². The number of benzene rings is 1. The molecule has 0 saturated heterocycles. The van der Waals surface area contributed by atoms with Crippen molar-refractivity contribution in [1.29, 1.82) is 0 Å². The van der Waals surface area contributed by atoms with Crippen molar-refractivity contribution >= 4 is 17.5 Å². The van der Waals surface area contributed by atoms with E-state index in [0.29, 0.717) is 11.6 Å². The van der Waals surface area contributed by atoms with Crippen LogP contribution in [0.5, 0.6) is 5.75 Å². The monoisotopic (exact) mass is 290 g/mol. The minimum atomic E-state index is -0.355. The number of carbonyl (C=O) groups is 1. The van der Waals surface area contributed by atoms with E-state index >= 15 is 0 Å². The maximum atomic E-state index is 12.0. The van der Waals surface area contributed by atoms with Gasteiger partial charge in [0.2, 0.25) is 0 Å². The first-order valence-electron chi connectivity index (χ1n) is 6.31. The van der Waals surface area contributed by atoms with Gasteiger partial charge < -0.3 is 10.4 Å². The van der Waals surface area contributed by atoms with Gasteiger partial charge in [0.25, 0.3) is 5.91 Å². The van der Waals surface area contributed by atoms with Crippen LogP contribution in [-0.2, 0) is 13.0 Å². The normalized spacial score (nSPS) is 10.3. The van der Waals surface area contributed by atoms with Crippen LogP contribution in [0.25, 0.3) is 0 Å². The Hall–Kier alpha value is -2.07. The second-order valence-corrected chi connectivity index (χ2v) is 4.74. The molecule has 4 nitrogen and oxygen atoms in total. The maximum Gasteiger partial charge on any atom is 0.255 e. The molecule has 5 heteroatoms. The minimum Gasteiger partial charge on any atom is -0.507 e. The van der Waals surface area contributed by atoms with Gasteiger partial charge in [0.05, 0.1) is 17.8 Å². The molecule has 0 aliphatic carbocycles. The number of hydrogen-bond donors (Lipinski definition) is 2. The fraction of sp³-hybridized carbons (Fsp3) is 0.200. The number of halogens is 1. The van der Waals surface area contributed by atoms with Gasteiger partial charge >= 0.3 is 0 Å². The molecule has 2 N–H and O–H groups in total. The van der Waals surface area contributed by atoms with Crippen molar-refractivity contribution in [2.24, 2.45) is 0 Å². The van der Waals surface area contributed by atoms with Crippen LogP contribution in [0.1, 0.15) is 28.5 Å². The van der Waals surface area contributed by atoms with Gasteiger partial charge in [-0.2, -0.15) is 0 Å². The Morgan fingerprint density at radius 1 is 1.40 bits per heavy atom. The standard InChI is InChI=1S/C15H15ClN2O2/c1-2-10-4-3-7-17-13(10)9-18-15(20)12-6-5-11(16)8-14(12)19/h3-8,19H,2,9H2,1H3,(H,18,20). The summed E-state index contributed by atoms with van der Waals surface area (Å²) >= 11 is 5.73. The lowest BCUT2D eigenvalue weighted by atomic mass is 10.1. The van der Waals surface area contributed by atoms with Crippen LogP contribution in [-0.4, -0.2) is 16.0 Å². The third-order valence-corrected chi connectivity index (χ3v) is 3.22. The summed E-state index contributed by atoms with van der Waals surface area (Å²) in [7, 11) is 0. The molecular formula is C15H15ClN2O2. The Labute approximate surface area is 122 Å². The topological polar surface area (TPSA) is 62.2 Å². The largest absolute Gasteiger partial charge is 0.507 e. The summed E-state index contributed by atoms with van der Waals surface area (Å²) in [5.41, 5.74) is 2.12. The molecule has 0 aliphatic heterocycles. The minimum absolute atomic E-state index is 0.133. The molecule has 0 bridgehead atoms. The Bertz CT molecular complexity index is 629. The Kier molecular flexibility index (Phi) is 4.58. The summed E-state index contributed by atoms with van der Waals surface area (Å²) in [6.07, 6.45) is 2.55. The molecule has 0 atom stereocenters. The molecule has 0 fully saturated rings. The average molecular weight is 291 g/mol. The number of nitrogens with zero attached hydrogens (tertiary/aromatic N) is 1. The van der Waals surface area contributed by atoms with E-state index in [1.165, 1.54) is 12.1 Å². The molecule has 0 unspecified atom stereocenters. The molecule has 0 spiro atoms. The Morgan fingerprint density at radius 2 is 2.20 bits per heavy atom. The highest BCUT2D eigenvalue weighted by molar-refractivity contribution is 6.30. The summed E-state index contributed by atoms with van der Waals surface area (Å²) in [5.74, 6) is -0.487. The molecule has 0 aliphatic rings. The maximum absolute atomic E-state index is 12.0. The van der Waals surface area contributed by atoms with Gasteiger partial charge in [0.15, 0.2) is 0 Å². The van der Waals surface area contributed by atoms with E-state index in [9.17, 15) is 9.90 Å². The zero-order valence-electron chi connectivity index (χ0n) is 11.1. The molecular weight excluding hydrogens is 276 g/mol. The van der Waals surface area contributed by atoms with Crippen molar-refractivity contribution in [2.75, 3.05) is 0 Å². The van der Waals surface area contributed by atoms with E-state index in [-0.39, 0.29) is 17.2 Å². The van der Waals surface area contributed by atoms with Gasteiger partial charge in [-0.15, -0.1) is 0 Å². The smallest absolute Gasteiger partial charge is 0.255 e. The summed E-state index contributed by atoms with van der Waals surface area (Å²) in [6, 6.07) is 8.25. The van der Waals surface area contributed by atoms with Crippen LogP contribution in [0.3, 0.4) is 0 Å². The molecule has 2 aromatic rings. The first kappa shape index (κ1) is 14.3. The number of aromatic nitrogens is 1. The van der Waals surface area contributed by atoms with Crippen molar-refractivity contribution in [3.63, 3.8) is 0 Å². The number of aryl methyl sites for hydroxylation is 1. The highest BCUT2D eigenvalue weighted by Crippen LogP contribution is 2.21. The number of hydrogen-bond acceptors (Lipinski definition) is 3. The second-order valence-electron chi connectivity index (χ2n) is 4.31. The molecule has 1 aromatic carbocycles. The molecule has 1 amide bonds. The van der Waals surface area contributed by atoms with E-state index in [1.807, 2.05) is 19.1 Å². The lowest BCUT2D eigenvalue weighted by Gasteiger charge is -2.09. The fourth-order valence-corrected chi connectivity index (χ4v) is 2.07. The third-order valence-electron chi connectivity index (χ3n) is 2.99. The number of nitrogens with one attached hydrogen (secondary N) is 1. The zero-order chi connectivity index (χ0) is 14.5. The van der Waals surface area contributed by atoms with Gasteiger partial charge in [-0.25, -0.2) is 0 Å². The summed E-state index contributed by atoms with van der Waals surface area (Å²) < 4.78 is 0. The van der Waals surface area contributed by atoms with Crippen molar-refractivity contribution in [3.8, 4) is 5.75 Å². The lowest BCUT2D eigenvalue weighted by Crippen LogP contribution is -2.24. The van der Waals surface area contributed by atoms with Crippen molar-refractivity contribution in [2.45, 2.75) is 19.9 Å². The van der Waals surface area contributed by atoms with Crippen molar-refractivity contribution in [1.82, 2.24) is 10.3 Å². The molecule has 1 heterocycles. The molecule has 20 heavy (non-hydrogen) atoms. The SMILES string of the molecule is CCc1cccnc1CNC(=O)c1ccc(Cl)cc1O. The van der Waals surface area contributed by atoms with Gasteiger partial charge in [-0.3, -0.25) is 9.78 Å². The number of aromatic hydroxyl groups is 1. The number of rotatable bonds is 4.